The molecule has 5 heteroatoms. The zero-order valence-electron chi connectivity index (χ0n) is 9.05. The maximum atomic E-state index is 10.8. The summed E-state index contributed by atoms with van der Waals surface area (Å²) >= 11 is 0. The molecule has 0 atom stereocenters. The van der Waals surface area contributed by atoms with E-state index in [0.29, 0.717) is 12.1 Å². The molecule has 0 heterocycles. The number of aliphatic carboxylic acids is 1. The number of hydrogen-bond acceptors (Lipinski definition) is 4. The number of benzene rings is 1. The normalized spacial score (nSPS) is 11.9. The van der Waals surface area contributed by atoms with Crippen LogP contribution in [-0.2, 0) is 11.2 Å². The fraction of sp³-hybridized carbons (Fsp3) is 0.182. The van der Waals surface area contributed by atoms with Crippen LogP contribution in [0.4, 0.5) is 0 Å². The van der Waals surface area contributed by atoms with Crippen LogP contribution in [0.2, 0.25) is 0 Å². The lowest BCUT2D eigenvalue weighted by molar-refractivity contribution is -0.132. The highest BCUT2D eigenvalue weighted by Gasteiger charge is 2.13. The lowest BCUT2D eigenvalue weighted by Gasteiger charge is -2.18. The largest absolute Gasteiger partial charge is 0.477 e. The van der Waals surface area contributed by atoms with E-state index in [-0.39, 0.29) is 5.70 Å². The van der Waals surface area contributed by atoms with Gasteiger partial charge in [0, 0.05) is 13.5 Å². The van der Waals surface area contributed by atoms with Crippen LogP contribution in [0.15, 0.2) is 41.7 Å². The van der Waals surface area contributed by atoms with Crippen molar-refractivity contribution in [1.29, 1.82) is 0 Å². The fourth-order valence-corrected chi connectivity index (χ4v) is 1.32. The number of carbonyl (C=O) groups is 1. The summed E-state index contributed by atoms with van der Waals surface area (Å²) < 4.78 is 0. The number of allylic oxidation sites excluding steroid dienone is 1. The maximum absolute atomic E-state index is 10.8. The number of carboxylic acid groups (broad SMARTS) is 1. The van der Waals surface area contributed by atoms with Crippen molar-refractivity contribution in [3.8, 4) is 0 Å². The van der Waals surface area contributed by atoms with Crippen LogP contribution in [0.25, 0.3) is 0 Å². The van der Waals surface area contributed by atoms with Gasteiger partial charge < -0.3 is 15.8 Å². The molecule has 0 saturated heterocycles. The van der Waals surface area contributed by atoms with Crippen molar-refractivity contribution < 1.29 is 9.90 Å². The summed E-state index contributed by atoms with van der Waals surface area (Å²) in [5.74, 6) is 4.39. The van der Waals surface area contributed by atoms with Crippen molar-refractivity contribution in [1.82, 2.24) is 5.01 Å². The first-order valence-corrected chi connectivity index (χ1v) is 4.76. The van der Waals surface area contributed by atoms with Gasteiger partial charge >= 0.3 is 5.97 Å². The van der Waals surface area contributed by atoms with E-state index in [2.05, 4.69) is 0 Å². The molecule has 0 bridgehead atoms. The summed E-state index contributed by atoms with van der Waals surface area (Å²) in [6.07, 6.45) is 0.395. The molecule has 0 radical (unpaired) electrons. The van der Waals surface area contributed by atoms with E-state index in [9.17, 15) is 4.79 Å². The summed E-state index contributed by atoms with van der Waals surface area (Å²) in [7, 11) is 1.56. The molecule has 0 aliphatic rings. The third-order valence-electron chi connectivity index (χ3n) is 2.18. The van der Waals surface area contributed by atoms with Gasteiger partial charge in [0.15, 0.2) is 0 Å². The van der Waals surface area contributed by atoms with E-state index in [1.165, 1.54) is 5.01 Å². The molecule has 1 rings (SSSR count). The molecule has 0 aliphatic carbocycles. The smallest absolute Gasteiger partial charge is 0.353 e. The van der Waals surface area contributed by atoms with E-state index >= 15 is 0 Å². The molecule has 5 N–H and O–H groups in total. The molecule has 0 saturated carbocycles. The molecule has 1 aromatic carbocycles. The Morgan fingerprint density at radius 1 is 1.38 bits per heavy atom. The Kier molecular flexibility index (Phi) is 3.90. The Bertz CT molecular complexity index is 399. The number of nitrogens with two attached hydrogens (primary N) is 2. The molecule has 0 fully saturated rings. The number of hydrazine groups is 1. The average molecular weight is 221 g/mol. The SMILES string of the molecule is CN(N)/C(Cc1ccccc1)=C(\N)C(=O)O. The second-order valence-corrected chi connectivity index (χ2v) is 3.44. The Balaban J connectivity index is 2.98. The highest BCUT2D eigenvalue weighted by atomic mass is 16.4. The number of nitrogens with zero attached hydrogens (tertiary/aromatic N) is 1. The predicted octanol–water partition coefficient (Wildman–Crippen LogP) is 0.289. The predicted molar refractivity (Wildman–Crippen MR) is 60.9 cm³/mol. The zero-order valence-corrected chi connectivity index (χ0v) is 9.05. The summed E-state index contributed by atoms with van der Waals surface area (Å²) in [6.45, 7) is 0. The lowest BCUT2D eigenvalue weighted by atomic mass is 10.1. The molecule has 16 heavy (non-hydrogen) atoms. The van der Waals surface area contributed by atoms with Crippen LogP contribution >= 0.6 is 0 Å². The minimum atomic E-state index is -1.16. The standard InChI is InChI=1S/C11H15N3O2/c1-14(13)9(10(12)11(15)16)7-8-5-3-2-4-6-8/h2-6H,7,12-13H2,1H3,(H,15,16)/b10-9-. The summed E-state index contributed by atoms with van der Waals surface area (Å²) in [5, 5.41) is 10.0. The van der Waals surface area contributed by atoms with Crippen LogP contribution in [-0.4, -0.2) is 23.1 Å². The minimum Gasteiger partial charge on any atom is -0.477 e. The van der Waals surface area contributed by atoms with Gasteiger partial charge in [0.05, 0.1) is 5.70 Å². The number of likely N-dealkylation sites (N-methyl/N-ethyl adjacent to an activating group) is 1. The Labute approximate surface area is 93.9 Å². The number of rotatable bonds is 4. The quantitative estimate of drug-likeness (QED) is 0.386. The van der Waals surface area contributed by atoms with Crippen LogP contribution in [0.1, 0.15) is 5.56 Å². The Morgan fingerprint density at radius 2 is 1.94 bits per heavy atom. The van der Waals surface area contributed by atoms with Crippen molar-refractivity contribution in [2.45, 2.75) is 6.42 Å². The van der Waals surface area contributed by atoms with Gasteiger partial charge in [-0.05, 0) is 5.56 Å². The molecule has 0 aliphatic heterocycles. The monoisotopic (exact) mass is 221 g/mol. The van der Waals surface area contributed by atoms with E-state index < -0.39 is 5.97 Å². The molecule has 0 amide bonds. The molecule has 86 valence electrons. The van der Waals surface area contributed by atoms with Crippen molar-refractivity contribution in [2.24, 2.45) is 11.6 Å². The van der Waals surface area contributed by atoms with Gasteiger partial charge in [0.25, 0.3) is 0 Å². The van der Waals surface area contributed by atoms with Gasteiger partial charge in [-0.15, -0.1) is 0 Å². The van der Waals surface area contributed by atoms with Crippen molar-refractivity contribution >= 4 is 5.97 Å². The van der Waals surface area contributed by atoms with Crippen molar-refractivity contribution in [3.05, 3.63) is 47.3 Å². The highest BCUT2D eigenvalue weighted by molar-refractivity contribution is 5.86. The lowest BCUT2D eigenvalue weighted by Crippen LogP contribution is -2.31. The fourth-order valence-electron chi connectivity index (χ4n) is 1.32. The summed E-state index contributed by atoms with van der Waals surface area (Å²) in [4.78, 5) is 10.8. The summed E-state index contributed by atoms with van der Waals surface area (Å²) in [6, 6.07) is 9.41. The Hall–Kier alpha value is -2.01. The zero-order chi connectivity index (χ0) is 12.1. The number of carboxylic acids is 1. The van der Waals surface area contributed by atoms with Crippen LogP contribution in [0, 0.1) is 0 Å². The van der Waals surface area contributed by atoms with E-state index in [0.717, 1.165) is 5.56 Å². The molecule has 1 aromatic rings. The van der Waals surface area contributed by atoms with Gasteiger partial charge in [-0.3, -0.25) is 0 Å². The maximum Gasteiger partial charge on any atom is 0.353 e. The summed E-state index contributed by atoms with van der Waals surface area (Å²) in [5.41, 5.74) is 6.59. The van der Waals surface area contributed by atoms with Crippen LogP contribution in [0.3, 0.4) is 0 Å². The van der Waals surface area contributed by atoms with Gasteiger partial charge in [0.1, 0.15) is 5.70 Å². The second kappa shape index (κ2) is 5.18. The van der Waals surface area contributed by atoms with E-state index in [1.807, 2.05) is 30.3 Å². The molecule has 0 spiro atoms. The van der Waals surface area contributed by atoms with Crippen LogP contribution in [0.5, 0.6) is 0 Å². The van der Waals surface area contributed by atoms with Gasteiger partial charge in [-0.1, -0.05) is 30.3 Å². The molecular formula is C11H15N3O2. The molecular weight excluding hydrogens is 206 g/mol. The van der Waals surface area contributed by atoms with Gasteiger partial charge in [0.2, 0.25) is 0 Å². The van der Waals surface area contributed by atoms with E-state index in [4.69, 9.17) is 16.7 Å². The first-order valence-electron chi connectivity index (χ1n) is 4.76. The van der Waals surface area contributed by atoms with Crippen LogP contribution < -0.4 is 11.6 Å². The topological polar surface area (TPSA) is 92.6 Å². The first kappa shape index (κ1) is 12.1. The number of hydrogen-bond donors (Lipinski definition) is 3. The molecule has 0 aromatic heterocycles. The third-order valence-corrected chi connectivity index (χ3v) is 2.18. The van der Waals surface area contributed by atoms with E-state index in [1.54, 1.807) is 7.05 Å². The second-order valence-electron chi connectivity index (χ2n) is 3.44. The molecule has 5 nitrogen and oxygen atoms in total. The third kappa shape index (κ3) is 2.99. The first-order chi connectivity index (χ1) is 7.52. The van der Waals surface area contributed by atoms with Gasteiger partial charge in [-0.2, -0.15) is 0 Å². The molecule has 0 unspecified atom stereocenters. The van der Waals surface area contributed by atoms with Crippen molar-refractivity contribution in [3.63, 3.8) is 0 Å². The average Bonchev–Trinajstić information content (AvgIpc) is 2.26. The van der Waals surface area contributed by atoms with Crippen molar-refractivity contribution in [2.75, 3.05) is 7.05 Å². The minimum absolute atomic E-state index is 0.228. The highest BCUT2D eigenvalue weighted by Crippen LogP contribution is 2.11. The van der Waals surface area contributed by atoms with Gasteiger partial charge in [-0.25, -0.2) is 10.6 Å². The Morgan fingerprint density at radius 3 is 2.38 bits per heavy atom.